The normalized spacial score (nSPS) is 14.2. The SMILES string of the molecule is Cc1cc(N2CCOCC2)nc(NCCNC(=O)CCc2c(C)noc2C)n1. The molecule has 28 heavy (non-hydrogen) atoms. The van der Waals surface area contributed by atoms with E-state index in [0.717, 1.165) is 41.6 Å². The molecule has 0 radical (unpaired) electrons. The number of nitrogens with one attached hydrogen (secondary N) is 2. The number of ether oxygens (including phenoxy) is 1. The van der Waals surface area contributed by atoms with Crippen molar-refractivity contribution in [3.05, 3.63) is 28.8 Å². The molecule has 1 amide bonds. The van der Waals surface area contributed by atoms with E-state index in [0.29, 0.717) is 45.1 Å². The van der Waals surface area contributed by atoms with E-state index >= 15 is 0 Å². The maximum Gasteiger partial charge on any atom is 0.224 e. The third-order valence-corrected chi connectivity index (χ3v) is 4.69. The number of carbonyl (C=O) groups excluding carboxylic acids is 1. The molecule has 0 atom stereocenters. The minimum absolute atomic E-state index is 0.000895. The lowest BCUT2D eigenvalue weighted by molar-refractivity contribution is -0.120. The molecule has 1 fully saturated rings. The fourth-order valence-electron chi connectivity index (χ4n) is 3.15. The summed E-state index contributed by atoms with van der Waals surface area (Å²) < 4.78 is 10.5. The molecule has 9 heteroatoms. The zero-order chi connectivity index (χ0) is 19.9. The van der Waals surface area contributed by atoms with Crippen molar-refractivity contribution in [3.8, 4) is 0 Å². The number of hydrogen-bond acceptors (Lipinski definition) is 8. The molecule has 0 saturated carbocycles. The number of amides is 1. The van der Waals surface area contributed by atoms with Gasteiger partial charge in [0.1, 0.15) is 11.6 Å². The van der Waals surface area contributed by atoms with Crippen LogP contribution in [-0.4, -0.2) is 60.4 Å². The second-order valence-corrected chi connectivity index (χ2v) is 6.87. The Bertz CT molecular complexity index is 781. The molecule has 0 bridgehead atoms. The minimum atomic E-state index is 0.000895. The molecule has 2 aromatic heterocycles. The second kappa shape index (κ2) is 9.50. The molecule has 0 spiro atoms. The minimum Gasteiger partial charge on any atom is -0.378 e. The van der Waals surface area contributed by atoms with Crippen LogP contribution in [0.3, 0.4) is 0 Å². The van der Waals surface area contributed by atoms with Gasteiger partial charge in [-0.1, -0.05) is 5.16 Å². The first-order valence-corrected chi connectivity index (χ1v) is 9.63. The maximum absolute atomic E-state index is 12.0. The lowest BCUT2D eigenvalue weighted by Gasteiger charge is -2.28. The van der Waals surface area contributed by atoms with Gasteiger partial charge in [0.05, 0.1) is 18.9 Å². The number of carbonyl (C=O) groups is 1. The van der Waals surface area contributed by atoms with E-state index in [1.807, 2.05) is 26.8 Å². The van der Waals surface area contributed by atoms with E-state index in [4.69, 9.17) is 9.26 Å². The Balaban J connectivity index is 1.42. The zero-order valence-electron chi connectivity index (χ0n) is 16.7. The smallest absolute Gasteiger partial charge is 0.224 e. The Morgan fingerprint density at radius 1 is 1.18 bits per heavy atom. The summed E-state index contributed by atoms with van der Waals surface area (Å²) in [6, 6.07) is 1.98. The highest BCUT2D eigenvalue weighted by molar-refractivity contribution is 5.76. The molecule has 2 N–H and O–H groups in total. The highest BCUT2D eigenvalue weighted by Crippen LogP contribution is 2.16. The van der Waals surface area contributed by atoms with Crippen molar-refractivity contribution >= 4 is 17.7 Å². The van der Waals surface area contributed by atoms with Gasteiger partial charge in [-0.05, 0) is 27.2 Å². The van der Waals surface area contributed by atoms with Gasteiger partial charge in [-0.15, -0.1) is 0 Å². The first-order chi connectivity index (χ1) is 13.5. The molecule has 1 saturated heterocycles. The summed E-state index contributed by atoms with van der Waals surface area (Å²) >= 11 is 0. The average molecular weight is 388 g/mol. The van der Waals surface area contributed by atoms with Crippen LogP contribution in [0, 0.1) is 20.8 Å². The summed E-state index contributed by atoms with van der Waals surface area (Å²) in [6.07, 6.45) is 1.04. The molecule has 1 aliphatic heterocycles. The molecule has 1 aliphatic rings. The lowest BCUT2D eigenvalue weighted by atomic mass is 10.1. The quantitative estimate of drug-likeness (QED) is 0.654. The summed E-state index contributed by atoms with van der Waals surface area (Å²) in [6.45, 7) is 9.86. The number of nitrogens with zero attached hydrogens (tertiary/aromatic N) is 4. The summed E-state index contributed by atoms with van der Waals surface area (Å²) in [5.74, 6) is 2.26. The fraction of sp³-hybridized carbons (Fsp3) is 0.579. The summed E-state index contributed by atoms with van der Waals surface area (Å²) in [5, 5.41) is 10.0. The number of anilines is 2. The Morgan fingerprint density at radius 2 is 1.96 bits per heavy atom. The van der Waals surface area contributed by atoms with Crippen LogP contribution < -0.4 is 15.5 Å². The molecule has 3 heterocycles. The zero-order valence-corrected chi connectivity index (χ0v) is 16.7. The van der Waals surface area contributed by atoms with E-state index in [9.17, 15) is 4.79 Å². The standard InChI is InChI=1S/C19H28N6O3/c1-13-12-17(25-8-10-27-11-9-25)23-19(22-13)21-7-6-20-18(26)5-4-16-14(2)24-28-15(16)3/h12H,4-11H2,1-3H3,(H,20,26)(H,21,22,23). The first kappa shape index (κ1) is 20.1. The van der Waals surface area contributed by atoms with Crippen molar-refractivity contribution in [2.75, 3.05) is 49.6 Å². The number of aryl methyl sites for hydroxylation is 3. The van der Waals surface area contributed by atoms with Crippen LogP contribution in [0.2, 0.25) is 0 Å². The molecular formula is C19H28N6O3. The fourth-order valence-corrected chi connectivity index (χ4v) is 3.15. The highest BCUT2D eigenvalue weighted by atomic mass is 16.5. The Morgan fingerprint density at radius 3 is 2.68 bits per heavy atom. The Hall–Kier alpha value is -2.68. The molecular weight excluding hydrogens is 360 g/mol. The monoisotopic (exact) mass is 388 g/mol. The molecule has 3 rings (SSSR count). The van der Waals surface area contributed by atoms with Crippen LogP contribution in [0.4, 0.5) is 11.8 Å². The van der Waals surface area contributed by atoms with Gasteiger partial charge in [-0.3, -0.25) is 4.79 Å². The van der Waals surface area contributed by atoms with Crippen LogP contribution in [0.5, 0.6) is 0 Å². The van der Waals surface area contributed by atoms with Crippen molar-refractivity contribution in [1.29, 1.82) is 0 Å². The molecule has 0 aliphatic carbocycles. The van der Waals surface area contributed by atoms with E-state index < -0.39 is 0 Å². The summed E-state index contributed by atoms with van der Waals surface area (Å²) in [7, 11) is 0. The van der Waals surface area contributed by atoms with E-state index in [2.05, 4.69) is 30.7 Å². The number of morpholine rings is 1. The van der Waals surface area contributed by atoms with Gasteiger partial charge in [0.25, 0.3) is 0 Å². The Labute approximate surface area is 164 Å². The number of hydrogen-bond donors (Lipinski definition) is 2. The molecule has 2 aromatic rings. The van der Waals surface area contributed by atoms with Gasteiger partial charge < -0.3 is 24.8 Å². The van der Waals surface area contributed by atoms with Crippen LogP contribution in [0.15, 0.2) is 10.6 Å². The van der Waals surface area contributed by atoms with Gasteiger partial charge in [0, 0.05) is 49.9 Å². The largest absolute Gasteiger partial charge is 0.378 e. The van der Waals surface area contributed by atoms with Crippen LogP contribution in [-0.2, 0) is 16.0 Å². The lowest BCUT2D eigenvalue weighted by Crippen LogP contribution is -2.37. The maximum atomic E-state index is 12.0. The van der Waals surface area contributed by atoms with Gasteiger partial charge in [0.2, 0.25) is 11.9 Å². The van der Waals surface area contributed by atoms with Crippen molar-refractivity contribution in [3.63, 3.8) is 0 Å². The van der Waals surface area contributed by atoms with Crippen molar-refractivity contribution in [2.45, 2.75) is 33.6 Å². The van der Waals surface area contributed by atoms with E-state index in [1.165, 1.54) is 0 Å². The second-order valence-electron chi connectivity index (χ2n) is 6.87. The summed E-state index contributed by atoms with van der Waals surface area (Å²) in [5.41, 5.74) is 2.76. The molecule has 0 unspecified atom stereocenters. The number of aromatic nitrogens is 3. The van der Waals surface area contributed by atoms with Crippen molar-refractivity contribution in [1.82, 2.24) is 20.4 Å². The van der Waals surface area contributed by atoms with Gasteiger partial charge >= 0.3 is 0 Å². The third-order valence-electron chi connectivity index (χ3n) is 4.69. The molecule has 9 nitrogen and oxygen atoms in total. The van der Waals surface area contributed by atoms with E-state index in [1.54, 1.807) is 0 Å². The number of rotatable bonds is 8. The molecule has 0 aromatic carbocycles. The van der Waals surface area contributed by atoms with Gasteiger partial charge in [-0.25, -0.2) is 4.98 Å². The van der Waals surface area contributed by atoms with Crippen LogP contribution in [0.25, 0.3) is 0 Å². The highest BCUT2D eigenvalue weighted by Gasteiger charge is 2.14. The topological polar surface area (TPSA) is 105 Å². The van der Waals surface area contributed by atoms with Crippen LogP contribution >= 0.6 is 0 Å². The average Bonchev–Trinajstić information content (AvgIpc) is 3.01. The van der Waals surface area contributed by atoms with Crippen molar-refractivity contribution < 1.29 is 14.1 Å². The van der Waals surface area contributed by atoms with Gasteiger partial charge in [-0.2, -0.15) is 4.98 Å². The van der Waals surface area contributed by atoms with Crippen molar-refractivity contribution in [2.24, 2.45) is 0 Å². The van der Waals surface area contributed by atoms with Crippen LogP contribution in [0.1, 0.15) is 29.1 Å². The third kappa shape index (κ3) is 5.41. The Kier molecular flexibility index (Phi) is 6.80. The predicted molar refractivity (Wildman–Crippen MR) is 106 cm³/mol. The molecule has 152 valence electrons. The first-order valence-electron chi connectivity index (χ1n) is 9.63. The predicted octanol–water partition coefficient (Wildman–Crippen LogP) is 1.39. The summed E-state index contributed by atoms with van der Waals surface area (Å²) in [4.78, 5) is 23.2. The van der Waals surface area contributed by atoms with Gasteiger partial charge in [0.15, 0.2) is 0 Å². The van der Waals surface area contributed by atoms with E-state index in [-0.39, 0.29) is 5.91 Å².